The van der Waals surface area contributed by atoms with E-state index in [2.05, 4.69) is 30.7 Å². The van der Waals surface area contributed by atoms with E-state index < -0.39 is 5.97 Å². The molecule has 0 N–H and O–H groups in total. The molecule has 0 radical (unpaired) electrons. The summed E-state index contributed by atoms with van der Waals surface area (Å²) in [6, 6.07) is 0. The zero-order valence-corrected chi connectivity index (χ0v) is 11.7. The Morgan fingerprint density at radius 2 is 1.94 bits per heavy atom. The SMILES string of the molecule is COC(=O)/C=C\ON=C1CCC(C(C)(C)C)CC1. The van der Waals surface area contributed by atoms with Gasteiger partial charge in [-0.2, -0.15) is 0 Å². The number of ether oxygens (including phenoxy) is 1. The molecule has 0 spiro atoms. The fourth-order valence-electron chi connectivity index (χ4n) is 2.17. The van der Waals surface area contributed by atoms with Gasteiger partial charge in [0.15, 0.2) is 0 Å². The van der Waals surface area contributed by atoms with Crippen LogP contribution in [0.15, 0.2) is 17.5 Å². The van der Waals surface area contributed by atoms with Crippen molar-refractivity contribution >= 4 is 11.7 Å². The Morgan fingerprint density at radius 3 is 2.44 bits per heavy atom. The first-order chi connectivity index (χ1) is 8.43. The van der Waals surface area contributed by atoms with Gasteiger partial charge in [-0.3, -0.25) is 0 Å². The van der Waals surface area contributed by atoms with Crippen molar-refractivity contribution in [2.24, 2.45) is 16.5 Å². The third-order valence-electron chi connectivity index (χ3n) is 3.44. The molecule has 1 aliphatic carbocycles. The second-order valence-electron chi connectivity index (χ2n) is 5.73. The van der Waals surface area contributed by atoms with Gasteiger partial charge in [-0.25, -0.2) is 4.79 Å². The van der Waals surface area contributed by atoms with Gasteiger partial charge in [0.2, 0.25) is 0 Å². The molecule has 0 amide bonds. The molecule has 0 unspecified atom stereocenters. The number of hydrogen-bond donors (Lipinski definition) is 0. The molecule has 1 rings (SSSR count). The van der Waals surface area contributed by atoms with E-state index in [1.165, 1.54) is 19.4 Å². The quantitative estimate of drug-likeness (QED) is 0.335. The monoisotopic (exact) mass is 253 g/mol. The molecule has 0 bridgehead atoms. The Bertz CT molecular complexity index is 329. The minimum Gasteiger partial charge on any atom is -0.466 e. The molecular weight excluding hydrogens is 230 g/mol. The fraction of sp³-hybridized carbons (Fsp3) is 0.714. The van der Waals surface area contributed by atoms with Crippen molar-refractivity contribution in [1.29, 1.82) is 0 Å². The molecule has 1 aliphatic rings. The molecular formula is C14H23NO3. The van der Waals surface area contributed by atoms with Crippen molar-refractivity contribution in [2.75, 3.05) is 7.11 Å². The fourth-order valence-corrected chi connectivity index (χ4v) is 2.17. The van der Waals surface area contributed by atoms with Gasteiger partial charge in [0.05, 0.1) is 18.9 Å². The predicted molar refractivity (Wildman–Crippen MR) is 71.1 cm³/mol. The summed E-state index contributed by atoms with van der Waals surface area (Å²) in [6.07, 6.45) is 6.75. The van der Waals surface area contributed by atoms with E-state index in [0.29, 0.717) is 5.41 Å². The maximum absolute atomic E-state index is 10.8. The summed E-state index contributed by atoms with van der Waals surface area (Å²) in [5.74, 6) is 0.314. The van der Waals surface area contributed by atoms with Gasteiger partial charge < -0.3 is 9.57 Å². The van der Waals surface area contributed by atoms with E-state index in [4.69, 9.17) is 4.84 Å². The zero-order chi connectivity index (χ0) is 13.6. The van der Waals surface area contributed by atoms with Crippen molar-refractivity contribution < 1.29 is 14.4 Å². The summed E-state index contributed by atoms with van der Waals surface area (Å²) in [5.41, 5.74) is 1.45. The normalized spacial score (nSPS) is 20.9. The van der Waals surface area contributed by atoms with Crippen LogP contribution >= 0.6 is 0 Å². The largest absolute Gasteiger partial charge is 0.466 e. The van der Waals surface area contributed by atoms with E-state index in [9.17, 15) is 4.79 Å². The highest BCUT2D eigenvalue weighted by Gasteiger charge is 2.28. The number of carbonyl (C=O) groups excluding carboxylic acids is 1. The van der Waals surface area contributed by atoms with Crippen LogP contribution in [0.2, 0.25) is 0 Å². The second kappa shape index (κ2) is 6.57. The van der Waals surface area contributed by atoms with Crippen LogP contribution in [0.4, 0.5) is 0 Å². The van der Waals surface area contributed by atoms with Gasteiger partial charge in [-0.15, -0.1) is 0 Å². The van der Waals surface area contributed by atoms with Crippen LogP contribution in [0.1, 0.15) is 46.5 Å². The van der Waals surface area contributed by atoms with Crippen molar-refractivity contribution in [3.8, 4) is 0 Å². The number of nitrogens with zero attached hydrogens (tertiary/aromatic N) is 1. The van der Waals surface area contributed by atoms with Crippen LogP contribution in [-0.2, 0) is 14.4 Å². The highest BCUT2D eigenvalue weighted by atomic mass is 16.6. The molecule has 4 nitrogen and oxygen atoms in total. The first kappa shape index (κ1) is 14.7. The van der Waals surface area contributed by atoms with Gasteiger partial charge >= 0.3 is 5.97 Å². The third kappa shape index (κ3) is 4.90. The molecule has 1 fully saturated rings. The summed E-state index contributed by atoms with van der Waals surface area (Å²) < 4.78 is 4.44. The highest BCUT2D eigenvalue weighted by molar-refractivity contribution is 5.84. The Morgan fingerprint density at radius 1 is 1.33 bits per heavy atom. The lowest BCUT2D eigenvalue weighted by molar-refractivity contribution is -0.135. The number of methoxy groups -OCH3 is 1. The van der Waals surface area contributed by atoms with E-state index >= 15 is 0 Å². The van der Waals surface area contributed by atoms with Crippen molar-refractivity contribution in [3.63, 3.8) is 0 Å². The topological polar surface area (TPSA) is 47.9 Å². The molecule has 4 heteroatoms. The standard InChI is InChI=1S/C14H23NO3/c1-14(2,3)11-5-7-12(8-6-11)15-18-10-9-13(16)17-4/h9-11H,5-8H2,1-4H3/b10-9-,15-12?. The summed E-state index contributed by atoms with van der Waals surface area (Å²) >= 11 is 0. The van der Waals surface area contributed by atoms with E-state index in [-0.39, 0.29) is 0 Å². The Balaban J connectivity index is 2.35. The minimum atomic E-state index is -0.438. The van der Waals surface area contributed by atoms with Crippen molar-refractivity contribution in [3.05, 3.63) is 12.3 Å². The molecule has 0 atom stereocenters. The molecule has 0 heterocycles. The highest BCUT2D eigenvalue weighted by Crippen LogP contribution is 2.36. The van der Waals surface area contributed by atoms with Gasteiger partial charge in [0.1, 0.15) is 6.26 Å². The first-order valence-electron chi connectivity index (χ1n) is 6.39. The Labute approximate surface area is 109 Å². The summed E-state index contributed by atoms with van der Waals surface area (Å²) in [5, 5.41) is 4.03. The van der Waals surface area contributed by atoms with Crippen molar-refractivity contribution in [1.82, 2.24) is 0 Å². The molecule has 18 heavy (non-hydrogen) atoms. The number of hydrogen-bond acceptors (Lipinski definition) is 4. The molecule has 0 aromatic rings. The number of oxime groups is 1. The first-order valence-corrected chi connectivity index (χ1v) is 6.39. The number of carbonyl (C=O) groups is 1. The lowest BCUT2D eigenvalue weighted by atomic mass is 9.72. The Kier molecular flexibility index (Phi) is 5.38. The second-order valence-corrected chi connectivity index (χ2v) is 5.73. The maximum atomic E-state index is 10.8. The number of rotatable bonds is 3. The zero-order valence-electron chi connectivity index (χ0n) is 11.7. The molecule has 0 aromatic carbocycles. The van der Waals surface area contributed by atoms with Gasteiger partial charge in [0, 0.05) is 0 Å². The number of esters is 1. The van der Waals surface area contributed by atoms with E-state index in [0.717, 1.165) is 37.3 Å². The molecule has 0 aliphatic heterocycles. The van der Waals surface area contributed by atoms with Gasteiger partial charge in [-0.05, 0) is 37.0 Å². The van der Waals surface area contributed by atoms with E-state index in [1.807, 2.05) is 0 Å². The van der Waals surface area contributed by atoms with Crippen molar-refractivity contribution in [2.45, 2.75) is 46.5 Å². The predicted octanol–water partition coefficient (Wildman–Crippen LogP) is 3.28. The summed E-state index contributed by atoms with van der Waals surface area (Å²) in [7, 11) is 1.33. The average molecular weight is 253 g/mol. The summed E-state index contributed by atoms with van der Waals surface area (Å²) in [4.78, 5) is 15.8. The van der Waals surface area contributed by atoms with Gasteiger partial charge in [0.25, 0.3) is 0 Å². The van der Waals surface area contributed by atoms with Crippen LogP contribution < -0.4 is 0 Å². The molecule has 102 valence electrons. The van der Waals surface area contributed by atoms with Crippen LogP contribution in [0.25, 0.3) is 0 Å². The lowest BCUT2D eigenvalue weighted by Crippen LogP contribution is -2.25. The van der Waals surface area contributed by atoms with E-state index in [1.54, 1.807) is 0 Å². The van der Waals surface area contributed by atoms with Gasteiger partial charge in [-0.1, -0.05) is 25.9 Å². The maximum Gasteiger partial charge on any atom is 0.333 e. The lowest BCUT2D eigenvalue weighted by Gasteiger charge is -2.33. The minimum absolute atomic E-state index is 0.372. The molecule has 1 saturated carbocycles. The summed E-state index contributed by atoms with van der Waals surface area (Å²) in [6.45, 7) is 6.86. The smallest absolute Gasteiger partial charge is 0.333 e. The molecule has 0 aromatic heterocycles. The third-order valence-corrected chi connectivity index (χ3v) is 3.44. The molecule has 0 saturated heterocycles. The van der Waals surface area contributed by atoms with Crippen LogP contribution in [0, 0.1) is 11.3 Å². The Hall–Kier alpha value is -1.32. The van der Waals surface area contributed by atoms with Crippen LogP contribution in [0.5, 0.6) is 0 Å². The average Bonchev–Trinajstić information content (AvgIpc) is 2.33. The van der Waals surface area contributed by atoms with Crippen LogP contribution in [0.3, 0.4) is 0 Å². The van der Waals surface area contributed by atoms with Crippen LogP contribution in [-0.4, -0.2) is 18.8 Å².